The van der Waals surface area contributed by atoms with E-state index in [0.29, 0.717) is 11.7 Å². The fourth-order valence-corrected chi connectivity index (χ4v) is 3.12. The van der Waals surface area contributed by atoms with Gasteiger partial charge in [-0.2, -0.15) is 0 Å². The van der Waals surface area contributed by atoms with Crippen molar-refractivity contribution >= 4 is 5.97 Å². The summed E-state index contributed by atoms with van der Waals surface area (Å²) in [4.78, 5) is 21.7. The van der Waals surface area contributed by atoms with Crippen LogP contribution in [0.2, 0.25) is 0 Å². The second-order valence-corrected chi connectivity index (χ2v) is 5.99. The minimum absolute atomic E-state index is 0.320. The molecule has 1 saturated heterocycles. The highest BCUT2D eigenvalue weighted by Crippen LogP contribution is 2.27. The number of aliphatic carboxylic acids is 1. The topological polar surface area (TPSA) is 75.6 Å². The lowest BCUT2D eigenvalue weighted by molar-refractivity contribution is -0.139. The standard InChI is InChI=1S/C18H21N3O3/c22-18(23)13-24-17-6-2-1-4-15(17)12-21-9-3-5-14(11-21)16-10-19-7-8-20-16/h1-2,4,6-8,10,14H,3,5,9,11-13H2,(H,22,23). The van der Waals surface area contributed by atoms with Crippen molar-refractivity contribution < 1.29 is 14.6 Å². The first-order valence-corrected chi connectivity index (χ1v) is 8.13. The molecule has 1 fully saturated rings. The van der Waals surface area contributed by atoms with Gasteiger partial charge in [0.2, 0.25) is 0 Å². The van der Waals surface area contributed by atoms with Gasteiger partial charge in [0.05, 0.1) is 5.69 Å². The molecule has 0 aliphatic carbocycles. The maximum atomic E-state index is 10.7. The summed E-state index contributed by atoms with van der Waals surface area (Å²) in [6.45, 7) is 2.36. The van der Waals surface area contributed by atoms with Crippen molar-refractivity contribution in [2.75, 3.05) is 19.7 Å². The first-order chi connectivity index (χ1) is 11.7. The van der Waals surface area contributed by atoms with E-state index in [1.807, 2.05) is 30.5 Å². The van der Waals surface area contributed by atoms with Crippen LogP contribution < -0.4 is 4.74 Å². The number of carbonyl (C=O) groups is 1. The molecule has 6 nitrogen and oxygen atoms in total. The van der Waals surface area contributed by atoms with Gasteiger partial charge in [-0.25, -0.2) is 4.79 Å². The molecule has 0 spiro atoms. The molecule has 1 N–H and O–H groups in total. The van der Waals surface area contributed by atoms with Crippen molar-refractivity contribution in [3.8, 4) is 5.75 Å². The van der Waals surface area contributed by atoms with Crippen LogP contribution in [0.4, 0.5) is 0 Å². The molecule has 0 radical (unpaired) electrons. The summed E-state index contributed by atoms with van der Waals surface area (Å²) in [7, 11) is 0. The molecule has 126 valence electrons. The Morgan fingerprint density at radius 2 is 2.21 bits per heavy atom. The highest BCUT2D eigenvalue weighted by molar-refractivity contribution is 5.68. The predicted molar refractivity (Wildman–Crippen MR) is 88.9 cm³/mol. The zero-order chi connectivity index (χ0) is 16.8. The molecule has 1 aromatic carbocycles. The number of likely N-dealkylation sites (tertiary alicyclic amines) is 1. The lowest BCUT2D eigenvalue weighted by Gasteiger charge is -2.32. The summed E-state index contributed by atoms with van der Waals surface area (Å²) >= 11 is 0. The van der Waals surface area contributed by atoms with Crippen molar-refractivity contribution in [1.82, 2.24) is 14.9 Å². The zero-order valence-corrected chi connectivity index (χ0v) is 13.5. The number of hydrogen-bond acceptors (Lipinski definition) is 5. The Labute approximate surface area is 141 Å². The Balaban J connectivity index is 1.66. The fraction of sp³-hybridized carbons (Fsp3) is 0.389. The molecule has 6 heteroatoms. The largest absolute Gasteiger partial charge is 0.482 e. The van der Waals surface area contributed by atoms with Crippen molar-refractivity contribution in [1.29, 1.82) is 0 Å². The Bertz CT molecular complexity index is 678. The number of nitrogens with zero attached hydrogens (tertiary/aromatic N) is 3. The van der Waals surface area contributed by atoms with Crippen LogP contribution >= 0.6 is 0 Å². The maximum Gasteiger partial charge on any atom is 0.341 e. The number of para-hydroxylation sites is 1. The maximum absolute atomic E-state index is 10.7. The number of piperidine rings is 1. The molecule has 1 atom stereocenters. The van der Waals surface area contributed by atoms with Crippen LogP contribution in [0.1, 0.15) is 30.0 Å². The molecule has 2 aromatic rings. The number of ether oxygens (including phenoxy) is 1. The van der Waals surface area contributed by atoms with Gasteiger partial charge in [0, 0.05) is 43.2 Å². The van der Waals surface area contributed by atoms with Crippen LogP contribution in [-0.2, 0) is 11.3 Å². The highest BCUT2D eigenvalue weighted by atomic mass is 16.5. The molecular formula is C18H21N3O3. The summed E-state index contributed by atoms with van der Waals surface area (Å²) in [6.07, 6.45) is 7.51. The molecular weight excluding hydrogens is 306 g/mol. The van der Waals surface area contributed by atoms with Crippen molar-refractivity contribution in [3.05, 3.63) is 54.1 Å². The average molecular weight is 327 g/mol. The summed E-state index contributed by atoms with van der Waals surface area (Å²) in [5.74, 6) is 0.0616. The zero-order valence-electron chi connectivity index (χ0n) is 13.5. The molecule has 1 unspecified atom stereocenters. The Morgan fingerprint density at radius 1 is 1.33 bits per heavy atom. The Morgan fingerprint density at radius 3 is 3.00 bits per heavy atom. The van der Waals surface area contributed by atoms with Crippen LogP contribution in [0.25, 0.3) is 0 Å². The molecule has 1 aliphatic rings. The Hall–Kier alpha value is -2.47. The average Bonchev–Trinajstić information content (AvgIpc) is 2.62. The van der Waals surface area contributed by atoms with E-state index in [0.717, 1.165) is 43.7 Å². The lowest BCUT2D eigenvalue weighted by Crippen LogP contribution is -2.34. The molecule has 3 rings (SSSR count). The number of rotatable bonds is 6. The minimum Gasteiger partial charge on any atom is -0.482 e. The van der Waals surface area contributed by atoms with E-state index >= 15 is 0 Å². The SMILES string of the molecule is O=C(O)COc1ccccc1CN1CCCC(c2cnccn2)C1. The second kappa shape index (κ2) is 7.88. The molecule has 24 heavy (non-hydrogen) atoms. The number of aromatic nitrogens is 2. The van der Waals surface area contributed by atoms with Gasteiger partial charge in [-0.1, -0.05) is 18.2 Å². The fourth-order valence-electron chi connectivity index (χ4n) is 3.12. The molecule has 0 saturated carbocycles. The van der Waals surface area contributed by atoms with E-state index in [9.17, 15) is 4.79 Å². The van der Waals surface area contributed by atoms with Gasteiger partial charge in [-0.15, -0.1) is 0 Å². The van der Waals surface area contributed by atoms with Crippen LogP contribution in [0, 0.1) is 0 Å². The van der Waals surface area contributed by atoms with E-state index in [4.69, 9.17) is 9.84 Å². The quantitative estimate of drug-likeness (QED) is 0.877. The lowest BCUT2D eigenvalue weighted by atomic mass is 9.94. The van der Waals surface area contributed by atoms with Gasteiger partial charge in [0.15, 0.2) is 6.61 Å². The van der Waals surface area contributed by atoms with Crippen molar-refractivity contribution in [2.45, 2.75) is 25.3 Å². The third-order valence-corrected chi connectivity index (χ3v) is 4.22. The predicted octanol–water partition coefficient (Wildman–Crippen LogP) is 2.32. The van der Waals surface area contributed by atoms with Crippen LogP contribution in [0.5, 0.6) is 5.75 Å². The van der Waals surface area contributed by atoms with Crippen molar-refractivity contribution in [2.24, 2.45) is 0 Å². The van der Waals surface area contributed by atoms with Crippen LogP contribution in [0.15, 0.2) is 42.9 Å². The first kappa shape index (κ1) is 16.4. The molecule has 1 aliphatic heterocycles. The third kappa shape index (κ3) is 4.29. The van der Waals surface area contributed by atoms with Gasteiger partial charge < -0.3 is 9.84 Å². The van der Waals surface area contributed by atoms with Gasteiger partial charge in [0.25, 0.3) is 0 Å². The van der Waals surface area contributed by atoms with Crippen LogP contribution in [0.3, 0.4) is 0 Å². The summed E-state index contributed by atoms with van der Waals surface area (Å²) in [5.41, 5.74) is 2.05. The van der Waals surface area contributed by atoms with E-state index in [1.165, 1.54) is 0 Å². The van der Waals surface area contributed by atoms with E-state index < -0.39 is 5.97 Å². The van der Waals surface area contributed by atoms with Gasteiger partial charge in [-0.3, -0.25) is 14.9 Å². The van der Waals surface area contributed by atoms with Gasteiger partial charge >= 0.3 is 5.97 Å². The molecule has 0 amide bonds. The number of carboxylic acids is 1. The normalized spacial score (nSPS) is 18.2. The van der Waals surface area contributed by atoms with Gasteiger partial charge in [0.1, 0.15) is 5.75 Å². The summed E-state index contributed by atoms with van der Waals surface area (Å²) < 4.78 is 5.40. The number of carboxylic acid groups (broad SMARTS) is 1. The smallest absolute Gasteiger partial charge is 0.341 e. The highest BCUT2D eigenvalue weighted by Gasteiger charge is 2.23. The third-order valence-electron chi connectivity index (χ3n) is 4.22. The van der Waals surface area contributed by atoms with Gasteiger partial charge in [-0.05, 0) is 25.5 Å². The summed E-state index contributed by atoms with van der Waals surface area (Å²) in [6, 6.07) is 7.62. The van der Waals surface area contributed by atoms with Crippen molar-refractivity contribution in [3.63, 3.8) is 0 Å². The molecule has 1 aromatic heterocycles. The first-order valence-electron chi connectivity index (χ1n) is 8.13. The summed E-state index contributed by atoms with van der Waals surface area (Å²) in [5, 5.41) is 8.80. The number of hydrogen-bond donors (Lipinski definition) is 1. The van der Waals surface area contributed by atoms with E-state index in [-0.39, 0.29) is 6.61 Å². The molecule has 0 bridgehead atoms. The van der Waals surface area contributed by atoms with E-state index in [2.05, 4.69) is 14.9 Å². The monoisotopic (exact) mass is 327 g/mol. The minimum atomic E-state index is -0.967. The molecule has 2 heterocycles. The second-order valence-electron chi connectivity index (χ2n) is 5.99. The number of benzene rings is 1. The Kier molecular flexibility index (Phi) is 5.38. The van der Waals surface area contributed by atoms with Crippen LogP contribution in [-0.4, -0.2) is 45.6 Å². The van der Waals surface area contributed by atoms with E-state index in [1.54, 1.807) is 12.4 Å².